The second-order valence-electron chi connectivity index (χ2n) is 4.71. The van der Waals surface area contributed by atoms with Crippen LogP contribution in [0.25, 0.3) is 0 Å². The Balaban J connectivity index is 2.31. The average molecular weight is 417 g/mol. The zero-order chi connectivity index (χ0) is 15.4. The van der Waals surface area contributed by atoms with Crippen molar-refractivity contribution in [3.8, 4) is 5.75 Å². The minimum Gasteiger partial charge on any atom is -0.496 e. The number of hydrogen-bond acceptors (Lipinski definition) is 2. The van der Waals surface area contributed by atoms with Crippen LogP contribution in [0.4, 0.5) is 4.39 Å². The van der Waals surface area contributed by atoms with E-state index in [0.29, 0.717) is 6.42 Å². The van der Waals surface area contributed by atoms with E-state index in [9.17, 15) is 4.39 Å². The number of ether oxygens (including phenoxy) is 1. The van der Waals surface area contributed by atoms with Crippen molar-refractivity contribution in [3.05, 3.63) is 62.3 Å². The Kier molecular flexibility index (Phi) is 5.79. The van der Waals surface area contributed by atoms with Gasteiger partial charge < -0.3 is 10.1 Å². The first-order chi connectivity index (χ1) is 10.0. The van der Waals surface area contributed by atoms with Crippen molar-refractivity contribution in [3.63, 3.8) is 0 Å². The summed E-state index contributed by atoms with van der Waals surface area (Å²) >= 11 is 6.77. The smallest absolute Gasteiger partial charge is 0.124 e. The maximum absolute atomic E-state index is 13.5. The van der Waals surface area contributed by atoms with Crippen LogP contribution in [0, 0.1) is 5.82 Å². The highest BCUT2D eigenvalue weighted by molar-refractivity contribution is 9.10. The lowest BCUT2D eigenvalue weighted by atomic mass is 9.98. The fourth-order valence-electron chi connectivity index (χ4n) is 2.30. The molecule has 0 fully saturated rings. The van der Waals surface area contributed by atoms with Crippen molar-refractivity contribution in [2.45, 2.75) is 12.5 Å². The maximum Gasteiger partial charge on any atom is 0.124 e. The van der Waals surface area contributed by atoms with E-state index in [1.807, 2.05) is 31.3 Å². The van der Waals surface area contributed by atoms with Crippen molar-refractivity contribution < 1.29 is 9.13 Å². The molecule has 1 unspecified atom stereocenters. The Morgan fingerprint density at radius 2 is 1.90 bits per heavy atom. The van der Waals surface area contributed by atoms with Crippen LogP contribution >= 0.6 is 31.9 Å². The van der Waals surface area contributed by atoms with Gasteiger partial charge in [0.25, 0.3) is 0 Å². The number of likely N-dealkylation sites (N-methyl/N-ethyl adjacent to an activating group) is 1. The molecule has 0 aliphatic heterocycles. The predicted octanol–water partition coefficient (Wildman–Crippen LogP) is 4.86. The van der Waals surface area contributed by atoms with Gasteiger partial charge >= 0.3 is 0 Å². The number of methoxy groups -OCH3 is 1. The number of hydrogen-bond donors (Lipinski definition) is 1. The van der Waals surface area contributed by atoms with E-state index in [0.717, 1.165) is 25.8 Å². The highest BCUT2D eigenvalue weighted by Gasteiger charge is 2.16. The van der Waals surface area contributed by atoms with Gasteiger partial charge in [0.1, 0.15) is 11.6 Å². The van der Waals surface area contributed by atoms with Crippen LogP contribution in [0.1, 0.15) is 17.2 Å². The summed E-state index contributed by atoms with van der Waals surface area (Å²) < 4.78 is 20.7. The summed E-state index contributed by atoms with van der Waals surface area (Å²) in [5, 5.41) is 3.27. The summed E-state index contributed by atoms with van der Waals surface area (Å²) in [7, 11) is 3.54. The van der Waals surface area contributed by atoms with Crippen LogP contribution < -0.4 is 10.1 Å². The molecule has 2 aromatic carbocycles. The Bertz CT molecular complexity index is 613. The number of benzene rings is 2. The Hall–Kier alpha value is -0.910. The standard InChI is InChI=1S/C16H16Br2FNO/c1-20-15(7-10-5-12(18)8-13(19)6-10)14-4-3-11(17)9-16(14)21-2/h3-6,8-9,15,20H,7H2,1-2H3. The molecule has 0 saturated heterocycles. The molecule has 1 atom stereocenters. The lowest BCUT2D eigenvalue weighted by Crippen LogP contribution is -2.19. The van der Waals surface area contributed by atoms with Crippen LogP contribution in [0.2, 0.25) is 0 Å². The Morgan fingerprint density at radius 3 is 2.52 bits per heavy atom. The molecule has 0 amide bonds. The molecule has 0 saturated carbocycles. The molecule has 0 aromatic heterocycles. The highest BCUT2D eigenvalue weighted by atomic mass is 79.9. The summed E-state index contributed by atoms with van der Waals surface area (Å²) in [5.74, 6) is 0.566. The minimum atomic E-state index is -0.239. The van der Waals surface area contributed by atoms with Crippen LogP contribution in [-0.4, -0.2) is 14.2 Å². The van der Waals surface area contributed by atoms with Gasteiger partial charge in [0.05, 0.1) is 7.11 Å². The fourth-order valence-corrected chi connectivity index (χ4v) is 3.16. The number of nitrogens with one attached hydrogen (secondary N) is 1. The topological polar surface area (TPSA) is 21.3 Å². The van der Waals surface area contributed by atoms with Gasteiger partial charge in [-0.2, -0.15) is 0 Å². The molecule has 2 aromatic rings. The van der Waals surface area contributed by atoms with Gasteiger partial charge in [-0.25, -0.2) is 4.39 Å². The molecule has 2 rings (SSSR count). The van der Waals surface area contributed by atoms with E-state index in [2.05, 4.69) is 37.2 Å². The molecule has 0 heterocycles. The van der Waals surface area contributed by atoms with Gasteiger partial charge in [0.2, 0.25) is 0 Å². The van der Waals surface area contributed by atoms with E-state index < -0.39 is 0 Å². The summed E-state index contributed by atoms with van der Waals surface area (Å²) in [5.41, 5.74) is 1.97. The lowest BCUT2D eigenvalue weighted by molar-refractivity contribution is 0.401. The molecule has 0 aliphatic rings. The normalized spacial score (nSPS) is 12.2. The van der Waals surface area contributed by atoms with Crippen LogP contribution in [0.15, 0.2) is 45.3 Å². The summed E-state index contributed by atoms with van der Waals surface area (Å²) in [4.78, 5) is 0. The number of rotatable bonds is 5. The van der Waals surface area contributed by atoms with Gasteiger partial charge in [-0.15, -0.1) is 0 Å². The Labute approximate surface area is 141 Å². The van der Waals surface area contributed by atoms with Crippen molar-refractivity contribution in [1.29, 1.82) is 0 Å². The van der Waals surface area contributed by atoms with E-state index in [1.165, 1.54) is 6.07 Å². The van der Waals surface area contributed by atoms with Gasteiger partial charge in [-0.05, 0) is 49.4 Å². The van der Waals surface area contributed by atoms with Crippen LogP contribution in [0.5, 0.6) is 5.75 Å². The third-order valence-corrected chi connectivity index (χ3v) is 4.23. The number of halogens is 3. The van der Waals surface area contributed by atoms with E-state index in [4.69, 9.17) is 4.74 Å². The van der Waals surface area contributed by atoms with Crippen molar-refractivity contribution in [1.82, 2.24) is 5.32 Å². The Morgan fingerprint density at radius 1 is 1.14 bits per heavy atom. The minimum absolute atomic E-state index is 0.0433. The van der Waals surface area contributed by atoms with E-state index in [1.54, 1.807) is 13.2 Å². The molecule has 5 heteroatoms. The monoisotopic (exact) mass is 415 g/mol. The molecule has 21 heavy (non-hydrogen) atoms. The molecular formula is C16H16Br2FNO. The maximum atomic E-state index is 13.5. The van der Waals surface area contributed by atoms with Gasteiger partial charge in [0, 0.05) is 20.6 Å². The van der Waals surface area contributed by atoms with Gasteiger partial charge in [-0.3, -0.25) is 0 Å². The van der Waals surface area contributed by atoms with E-state index in [-0.39, 0.29) is 11.9 Å². The summed E-state index contributed by atoms with van der Waals surface area (Å²) in [6.07, 6.45) is 0.671. The van der Waals surface area contributed by atoms with E-state index >= 15 is 0 Å². The molecule has 112 valence electrons. The third kappa shape index (κ3) is 4.28. The first kappa shape index (κ1) is 16.5. The quantitative estimate of drug-likeness (QED) is 0.751. The SMILES string of the molecule is CNC(Cc1cc(F)cc(Br)c1)c1ccc(Br)cc1OC. The van der Waals surface area contributed by atoms with Gasteiger partial charge in [0.15, 0.2) is 0 Å². The molecule has 0 spiro atoms. The van der Waals surface area contributed by atoms with Crippen LogP contribution in [0.3, 0.4) is 0 Å². The van der Waals surface area contributed by atoms with Crippen molar-refractivity contribution in [2.24, 2.45) is 0 Å². The van der Waals surface area contributed by atoms with Gasteiger partial charge in [-0.1, -0.05) is 37.9 Å². The average Bonchev–Trinajstić information content (AvgIpc) is 2.44. The third-order valence-electron chi connectivity index (χ3n) is 3.28. The molecule has 0 bridgehead atoms. The second kappa shape index (κ2) is 7.38. The first-order valence-electron chi connectivity index (χ1n) is 6.49. The second-order valence-corrected chi connectivity index (χ2v) is 6.54. The zero-order valence-electron chi connectivity index (χ0n) is 11.8. The molecule has 2 nitrogen and oxygen atoms in total. The highest BCUT2D eigenvalue weighted by Crippen LogP contribution is 2.31. The zero-order valence-corrected chi connectivity index (χ0v) is 15.0. The predicted molar refractivity (Wildman–Crippen MR) is 90.3 cm³/mol. The first-order valence-corrected chi connectivity index (χ1v) is 8.07. The molecule has 0 radical (unpaired) electrons. The summed E-state index contributed by atoms with van der Waals surface area (Å²) in [6.45, 7) is 0. The van der Waals surface area contributed by atoms with Crippen molar-refractivity contribution >= 4 is 31.9 Å². The van der Waals surface area contributed by atoms with Crippen LogP contribution in [-0.2, 0) is 6.42 Å². The van der Waals surface area contributed by atoms with Crippen molar-refractivity contribution in [2.75, 3.05) is 14.2 Å². The molecule has 0 aliphatic carbocycles. The summed E-state index contributed by atoms with van der Waals surface area (Å²) in [6, 6.07) is 10.9. The fraction of sp³-hybridized carbons (Fsp3) is 0.250. The molecular weight excluding hydrogens is 401 g/mol. The molecule has 1 N–H and O–H groups in total. The lowest BCUT2D eigenvalue weighted by Gasteiger charge is -2.20. The largest absolute Gasteiger partial charge is 0.496 e.